The van der Waals surface area contributed by atoms with Crippen LogP contribution in [0.15, 0.2) is 17.0 Å². The van der Waals surface area contributed by atoms with Gasteiger partial charge in [-0.1, -0.05) is 25.4 Å². The van der Waals surface area contributed by atoms with Crippen molar-refractivity contribution in [3.63, 3.8) is 0 Å². The highest BCUT2D eigenvalue weighted by Crippen LogP contribution is 2.37. The zero-order valence-corrected chi connectivity index (χ0v) is 13.0. The fourth-order valence-corrected chi connectivity index (χ4v) is 4.29. The molecule has 1 aromatic rings. The average Bonchev–Trinajstić information content (AvgIpc) is 2.62. The highest BCUT2D eigenvalue weighted by Gasteiger charge is 2.34. The van der Waals surface area contributed by atoms with Crippen LogP contribution < -0.4 is 10.5 Å². The molecule has 0 bridgehead atoms. The second kappa shape index (κ2) is 5.16. The maximum Gasteiger partial charge on any atom is 0.243 e. The summed E-state index contributed by atoms with van der Waals surface area (Å²) in [6, 6.07) is 2.08. The normalized spacial score (nSPS) is 22.1. The van der Waals surface area contributed by atoms with E-state index in [4.69, 9.17) is 17.3 Å². The van der Waals surface area contributed by atoms with Gasteiger partial charge in [-0.05, 0) is 36.8 Å². The molecule has 1 saturated carbocycles. The van der Waals surface area contributed by atoms with E-state index in [-0.39, 0.29) is 22.2 Å². The Hall–Kier alpha value is -0.850. The summed E-state index contributed by atoms with van der Waals surface area (Å²) >= 11 is 5.75. The molecule has 1 aromatic carbocycles. The van der Waals surface area contributed by atoms with Gasteiger partial charge in [-0.25, -0.2) is 17.5 Å². The lowest BCUT2D eigenvalue weighted by Crippen LogP contribution is -2.34. The van der Waals surface area contributed by atoms with E-state index in [1.165, 1.54) is 6.07 Å². The lowest BCUT2D eigenvalue weighted by molar-refractivity contribution is 0.372. The zero-order chi connectivity index (χ0) is 15.1. The number of hydrogen-bond acceptors (Lipinski definition) is 3. The monoisotopic (exact) mass is 320 g/mol. The van der Waals surface area contributed by atoms with Crippen LogP contribution in [0.2, 0.25) is 5.02 Å². The molecule has 4 nitrogen and oxygen atoms in total. The van der Waals surface area contributed by atoms with Crippen LogP contribution in [0, 0.1) is 11.2 Å². The quantitative estimate of drug-likeness (QED) is 0.841. The molecule has 1 unspecified atom stereocenters. The number of sulfonamides is 1. The number of halogens is 2. The van der Waals surface area contributed by atoms with Crippen LogP contribution in [0.3, 0.4) is 0 Å². The SMILES string of the molecule is CC1(C)CCC(NS(=O)(=O)c2cc(Cl)cc(N)c2F)C1. The summed E-state index contributed by atoms with van der Waals surface area (Å²) in [6.45, 7) is 4.17. The van der Waals surface area contributed by atoms with Crippen LogP contribution in [-0.4, -0.2) is 14.5 Å². The van der Waals surface area contributed by atoms with Gasteiger partial charge in [0.25, 0.3) is 0 Å². The Morgan fingerprint density at radius 3 is 2.65 bits per heavy atom. The zero-order valence-electron chi connectivity index (χ0n) is 11.4. The minimum absolute atomic E-state index is 0.0935. The number of nitrogens with one attached hydrogen (secondary N) is 1. The fraction of sp³-hybridized carbons (Fsp3) is 0.538. The predicted molar refractivity (Wildman–Crippen MR) is 77.6 cm³/mol. The molecule has 0 spiro atoms. The summed E-state index contributed by atoms with van der Waals surface area (Å²) in [6.07, 6.45) is 2.40. The first-order chi connectivity index (χ1) is 9.11. The lowest BCUT2D eigenvalue weighted by atomic mass is 9.92. The molecule has 1 aliphatic carbocycles. The number of benzene rings is 1. The molecule has 2 rings (SSSR count). The second-order valence-electron chi connectivity index (χ2n) is 6.03. The van der Waals surface area contributed by atoms with E-state index >= 15 is 0 Å². The molecule has 0 saturated heterocycles. The smallest absolute Gasteiger partial charge is 0.243 e. The molecule has 0 aliphatic heterocycles. The highest BCUT2D eigenvalue weighted by molar-refractivity contribution is 7.89. The Morgan fingerprint density at radius 2 is 2.10 bits per heavy atom. The number of hydrogen-bond donors (Lipinski definition) is 2. The van der Waals surface area contributed by atoms with E-state index in [0.29, 0.717) is 0 Å². The molecule has 0 radical (unpaired) electrons. The van der Waals surface area contributed by atoms with Crippen LogP contribution in [-0.2, 0) is 10.0 Å². The third-order valence-corrected chi connectivity index (χ3v) is 5.35. The largest absolute Gasteiger partial charge is 0.396 e. The third kappa shape index (κ3) is 3.24. The molecule has 7 heteroatoms. The number of anilines is 1. The lowest BCUT2D eigenvalue weighted by Gasteiger charge is -2.18. The van der Waals surface area contributed by atoms with Crippen molar-refractivity contribution in [2.24, 2.45) is 5.41 Å². The molecule has 1 aliphatic rings. The topological polar surface area (TPSA) is 72.2 Å². The van der Waals surface area contributed by atoms with Gasteiger partial charge < -0.3 is 5.73 Å². The minimum Gasteiger partial charge on any atom is -0.396 e. The highest BCUT2D eigenvalue weighted by atomic mass is 35.5. The van der Waals surface area contributed by atoms with Gasteiger partial charge in [0, 0.05) is 11.1 Å². The van der Waals surface area contributed by atoms with E-state index in [9.17, 15) is 12.8 Å². The standard InChI is InChI=1S/C13H18ClFN2O2S/c1-13(2)4-3-9(7-13)17-20(18,19)11-6-8(14)5-10(16)12(11)15/h5-6,9,17H,3-4,7,16H2,1-2H3. The van der Waals surface area contributed by atoms with Gasteiger partial charge in [0.2, 0.25) is 10.0 Å². The van der Waals surface area contributed by atoms with Crippen molar-refractivity contribution < 1.29 is 12.8 Å². The Labute approximate surface area is 123 Å². The summed E-state index contributed by atoms with van der Waals surface area (Å²) in [5, 5.41) is 0.0935. The van der Waals surface area contributed by atoms with Gasteiger partial charge in [-0.15, -0.1) is 0 Å². The van der Waals surface area contributed by atoms with Gasteiger partial charge in [-0.2, -0.15) is 0 Å². The minimum atomic E-state index is -3.96. The first-order valence-electron chi connectivity index (χ1n) is 6.38. The van der Waals surface area contributed by atoms with Crippen molar-refractivity contribution in [3.8, 4) is 0 Å². The fourth-order valence-electron chi connectivity index (χ4n) is 2.60. The van der Waals surface area contributed by atoms with E-state index < -0.39 is 20.7 Å². The Bertz CT molecular complexity index is 632. The Balaban J connectivity index is 2.28. The Morgan fingerprint density at radius 1 is 1.45 bits per heavy atom. The van der Waals surface area contributed by atoms with Crippen molar-refractivity contribution >= 4 is 27.3 Å². The van der Waals surface area contributed by atoms with Crippen LogP contribution in [0.1, 0.15) is 33.1 Å². The summed E-state index contributed by atoms with van der Waals surface area (Å²) < 4.78 is 41.0. The predicted octanol–water partition coefficient (Wildman–Crippen LogP) is 2.92. The van der Waals surface area contributed by atoms with Crippen LogP contribution in [0.4, 0.5) is 10.1 Å². The van der Waals surface area contributed by atoms with Crippen LogP contribution in [0.25, 0.3) is 0 Å². The molecule has 1 fully saturated rings. The van der Waals surface area contributed by atoms with Crippen LogP contribution in [0.5, 0.6) is 0 Å². The van der Waals surface area contributed by atoms with Crippen LogP contribution >= 0.6 is 11.6 Å². The Kier molecular flexibility index (Phi) is 4.01. The second-order valence-corrected chi connectivity index (χ2v) is 8.15. The molecule has 0 amide bonds. The van der Waals surface area contributed by atoms with E-state index in [1.54, 1.807) is 0 Å². The summed E-state index contributed by atoms with van der Waals surface area (Å²) in [5.74, 6) is -0.959. The third-order valence-electron chi connectivity index (χ3n) is 3.61. The van der Waals surface area contributed by atoms with Gasteiger partial charge in [0.15, 0.2) is 5.82 Å². The first kappa shape index (κ1) is 15.5. The molecular formula is C13H18ClFN2O2S. The van der Waals surface area contributed by atoms with E-state index in [1.807, 2.05) is 0 Å². The molecule has 3 N–H and O–H groups in total. The van der Waals surface area contributed by atoms with Gasteiger partial charge in [-0.3, -0.25) is 0 Å². The average molecular weight is 321 g/mol. The number of rotatable bonds is 3. The maximum absolute atomic E-state index is 13.9. The molecule has 0 aromatic heterocycles. The van der Waals surface area contributed by atoms with Gasteiger partial charge >= 0.3 is 0 Å². The van der Waals surface area contributed by atoms with Crippen molar-refractivity contribution in [1.82, 2.24) is 4.72 Å². The molecular weight excluding hydrogens is 303 g/mol. The summed E-state index contributed by atoms with van der Waals surface area (Å²) in [7, 11) is -3.96. The summed E-state index contributed by atoms with van der Waals surface area (Å²) in [5.41, 5.74) is 5.24. The number of nitrogen functional groups attached to an aromatic ring is 1. The molecule has 1 atom stereocenters. The van der Waals surface area contributed by atoms with E-state index in [0.717, 1.165) is 25.3 Å². The van der Waals surface area contributed by atoms with Crippen molar-refractivity contribution in [2.75, 3.05) is 5.73 Å². The van der Waals surface area contributed by atoms with Crippen molar-refractivity contribution in [3.05, 3.63) is 23.0 Å². The summed E-state index contributed by atoms with van der Waals surface area (Å²) in [4.78, 5) is -0.493. The van der Waals surface area contributed by atoms with Gasteiger partial charge in [0.05, 0.1) is 5.69 Å². The number of nitrogens with two attached hydrogens (primary N) is 1. The molecule has 112 valence electrons. The van der Waals surface area contributed by atoms with Crippen molar-refractivity contribution in [2.45, 2.75) is 44.0 Å². The molecule has 0 heterocycles. The maximum atomic E-state index is 13.9. The van der Waals surface area contributed by atoms with Crippen molar-refractivity contribution in [1.29, 1.82) is 0 Å². The molecule has 20 heavy (non-hydrogen) atoms. The van der Waals surface area contributed by atoms with Gasteiger partial charge in [0.1, 0.15) is 4.90 Å². The first-order valence-corrected chi connectivity index (χ1v) is 8.24. The van der Waals surface area contributed by atoms with E-state index in [2.05, 4.69) is 18.6 Å².